The third-order valence-corrected chi connectivity index (χ3v) is 2.40. The Bertz CT molecular complexity index is 384. The zero-order chi connectivity index (χ0) is 10.7. The number of carbonyl (C=O) groups is 1. The predicted molar refractivity (Wildman–Crippen MR) is 58.5 cm³/mol. The molecule has 1 aromatic rings. The van der Waals surface area contributed by atoms with Crippen LogP contribution in [0.25, 0.3) is 0 Å². The van der Waals surface area contributed by atoms with Crippen molar-refractivity contribution in [3.63, 3.8) is 0 Å². The van der Waals surface area contributed by atoms with Crippen LogP contribution >= 0.6 is 0 Å². The van der Waals surface area contributed by atoms with Crippen LogP contribution in [0.1, 0.15) is 19.3 Å². The van der Waals surface area contributed by atoms with E-state index in [0.717, 1.165) is 5.69 Å². The molecule has 0 saturated heterocycles. The fourth-order valence-corrected chi connectivity index (χ4v) is 1.63. The molecule has 1 N–H and O–H groups in total. The normalized spacial score (nSPS) is 17.2. The molecule has 0 bridgehead atoms. The summed E-state index contributed by atoms with van der Waals surface area (Å²) >= 11 is 0. The molecule has 1 aliphatic rings. The van der Waals surface area contributed by atoms with Gasteiger partial charge in [-0.15, -0.1) is 0 Å². The summed E-state index contributed by atoms with van der Waals surface area (Å²) in [6.45, 7) is 0. The van der Waals surface area contributed by atoms with E-state index in [0.29, 0.717) is 19.3 Å². The first-order chi connectivity index (χ1) is 7.27. The summed E-state index contributed by atoms with van der Waals surface area (Å²) in [6, 6.07) is 9.35. The topological polar surface area (TPSA) is 40.5 Å². The van der Waals surface area contributed by atoms with Gasteiger partial charge in [-0.05, 0) is 18.6 Å². The largest absolute Gasteiger partial charge is 0.511 e. The van der Waals surface area contributed by atoms with Gasteiger partial charge in [-0.2, -0.15) is 0 Å². The van der Waals surface area contributed by atoms with Gasteiger partial charge in [0.05, 0.1) is 0 Å². The number of rotatable bonds is 1. The lowest BCUT2D eigenvalue weighted by Gasteiger charge is -2.16. The number of aliphatic hydroxyl groups is 1. The van der Waals surface area contributed by atoms with Crippen LogP contribution < -0.4 is 4.90 Å². The van der Waals surface area contributed by atoms with Gasteiger partial charge in [0, 0.05) is 24.7 Å². The first-order valence-corrected chi connectivity index (χ1v) is 5.04. The molecule has 0 unspecified atom stereocenters. The Labute approximate surface area is 88.6 Å². The highest BCUT2D eigenvalue weighted by molar-refractivity contribution is 5.95. The molecule has 15 heavy (non-hydrogen) atoms. The number of benzene rings is 1. The number of amides is 1. The van der Waals surface area contributed by atoms with Gasteiger partial charge in [0.2, 0.25) is 5.91 Å². The van der Waals surface area contributed by atoms with Gasteiger partial charge in [-0.25, -0.2) is 0 Å². The lowest BCUT2D eigenvalue weighted by molar-refractivity contribution is -0.118. The van der Waals surface area contributed by atoms with E-state index in [9.17, 15) is 9.90 Å². The lowest BCUT2D eigenvalue weighted by Crippen LogP contribution is -2.23. The summed E-state index contributed by atoms with van der Waals surface area (Å²) in [5.41, 5.74) is 0.802. The number of anilines is 1. The first-order valence-electron chi connectivity index (χ1n) is 5.04. The smallest absolute Gasteiger partial charge is 0.231 e. The molecule has 3 heteroatoms. The van der Waals surface area contributed by atoms with Crippen molar-refractivity contribution >= 4 is 11.6 Å². The van der Waals surface area contributed by atoms with E-state index in [4.69, 9.17) is 0 Å². The fourth-order valence-electron chi connectivity index (χ4n) is 1.63. The van der Waals surface area contributed by atoms with E-state index < -0.39 is 0 Å². The van der Waals surface area contributed by atoms with E-state index in [-0.39, 0.29) is 11.7 Å². The molecule has 3 nitrogen and oxygen atoms in total. The van der Waals surface area contributed by atoms with Crippen LogP contribution in [-0.2, 0) is 4.79 Å². The molecule has 0 saturated carbocycles. The van der Waals surface area contributed by atoms with E-state index in [1.807, 2.05) is 30.3 Å². The van der Waals surface area contributed by atoms with Crippen molar-refractivity contribution in [1.29, 1.82) is 0 Å². The van der Waals surface area contributed by atoms with Crippen molar-refractivity contribution in [3.05, 3.63) is 42.3 Å². The van der Waals surface area contributed by atoms with Crippen molar-refractivity contribution in [2.45, 2.75) is 19.3 Å². The van der Waals surface area contributed by atoms with Crippen LogP contribution in [0.2, 0.25) is 0 Å². The number of aliphatic hydroxyl groups excluding tert-OH is 1. The van der Waals surface area contributed by atoms with Gasteiger partial charge in [-0.3, -0.25) is 9.69 Å². The highest BCUT2D eigenvalue weighted by Crippen LogP contribution is 2.20. The molecule has 0 aliphatic carbocycles. The highest BCUT2D eigenvalue weighted by Gasteiger charge is 2.17. The quantitative estimate of drug-likeness (QED) is 0.762. The molecule has 78 valence electrons. The molecule has 0 spiro atoms. The molecule has 1 amide bonds. The van der Waals surface area contributed by atoms with E-state index >= 15 is 0 Å². The van der Waals surface area contributed by atoms with Crippen LogP contribution in [0.15, 0.2) is 42.3 Å². The second-order valence-corrected chi connectivity index (χ2v) is 3.57. The maximum absolute atomic E-state index is 11.7. The number of nitrogens with zero attached hydrogens (tertiary/aromatic N) is 1. The third-order valence-electron chi connectivity index (χ3n) is 2.40. The minimum atomic E-state index is 0.0326. The van der Waals surface area contributed by atoms with Crippen molar-refractivity contribution in [3.8, 4) is 0 Å². The van der Waals surface area contributed by atoms with Gasteiger partial charge in [0.25, 0.3) is 0 Å². The Kier molecular flexibility index (Phi) is 2.72. The van der Waals surface area contributed by atoms with Gasteiger partial charge < -0.3 is 5.11 Å². The number of para-hydroxylation sites is 1. The standard InChI is InChI=1S/C12H13NO2/c14-11-7-4-8-12(15)13(9-11)10-5-2-1-3-6-10/h1-3,5-6,9,14H,4,7-8H2. The Morgan fingerprint density at radius 3 is 2.60 bits per heavy atom. The van der Waals surface area contributed by atoms with Crippen molar-refractivity contribution in [2.24, 2.45) is 0 Å². The summed E-state index contributed by atoms with van der Waals surface area (Å²) in [7, 11) is 0. The summed E-state index contributed by atoms with van der Waals surface area (Å²) in [5, 5.41) is 9.51. The Hall–Kier alpha value is -1.77. The molecule has 2 rings (SSSR count). The third kappa shape index (κ3) is 2.18. The van der Waals surface area contributed by atoms with E-state index in [2.05, 4.69) is 0 Å². The Morgan fingerprint density at radius 1 is 1.13 bits per heavy atom. The maximum atomic E-state index is 11.7. The molecular formula is C12H13NO2. The van der Waals surface area contributed by atoms with Crippen molar-refractivity contribution < 1.29 is 9.90 Å². The van der Waals surface area contributed by atoms with Crippen LogP contribution in [0, 0.1) is 0 Å². The number of carbonyl (C=O) groups excluding carboxylic acids is 1. The molecule has 0 fully saturated rings. The Balaban J connectivity index is 2.33. The van der Waals surface area contributed by atoms with E-state index in [1.54, 1.807) is 0 Å². The van der Waals surface area contributed by atoms with Crippen molar-refractivity contribution in [2.75, 3.05) is 4.90 Å². The first kappa shape index (κ1) is 9.77. The zero-order valence-electron chi connectivity index (χ0n) is 8.39. The van der Waals surface area contributed by atoms with Gasteiger partial charge >= 0.3 is 0 Å². The number of hydrogen-bond donors (Lipinski definition) is 1. The van der Waals surface area contributed by atoms with Crippen LogP contribution in [-0.4, -0.2) is 11.0 Å². The average Bonchev–Trinajstić information content (AvgIpc) is 2.42. The second kappa shape index (κ2) is 4.17. The zero-order valence-corrected chi connectivity index (χ0v) is 8.39. The molecular weight excluding hydrogens is 190 g/mol. The number of hydrogen-bond acceptors (Lipinski definition) is 2. The number of allylic oxidation sites excluding steroid dienone is 1. The molecule has 0 aromatic heterocycles. The minimum Gasteiger partial charge on any atom is -0.511 e. The molecule has 0 radical (unpaired) electrons. The molecule has 1 aliphatic heterocycles. The van der Waals surface area contributed by atoms with Crippen LogP contribution in [0.5, 0.6) is 0 Å². The Morgan fingerprint density at radius 2 is 1.87 bits per heavy atom. The minimum absolute atomic E-state index is 0.0326. The summed E-state index contributed by atoms with van der Waals surface area (Å²) < 4.78 is 0. The highest BCUT2D eigenvalue weighted by atomic mass is 16.3. The SMILES string of the molecule is O=C1CCCC(O)=CN1c1ccccc1. The fraction of sp³-hybridized carbons (Fsp3) is 0.250. The molecule has 1 aromatic carbocycles. The molecule has 0 atom stereocenters. The predicted octanol–water partition coefficient (Wildman–Crippen LogP) is 2.60. The lowest BCUT2D eigenvalue weighted by atomic mass is 10.2. The summed E-state index contributed by atoms with van der Waals surface area (Å²) in [5.74, 6) is 0.301. The van der Waals surface area contributed by atoms with Crippen LogP contribution in [0.3, 0.4) is 0 Å². The molecule has 1 heterocycles. The summed E-state index contributed by atoms with van der Waals surface area (Å²) in [4.78, 5) is 13.2. The van der Waals surface area contributed by atoms with E-state index in [1.165, 1.54) is 11.1 Å². The second-order valence-electron chi connectivity index (χ2n) is 3.57. The average molecular weight is 203 g/mol. The summed E-state index contributed by atoms with van der Waals surface area (Å²) in [6.07, 6.45) is 3.29. The van der Waals surface area contributed by atoms with Crippen LogP contribution in [0.4, 0.5) is 5.69 Å². The van der Waals surface area contributed by atoms with Crippen molar-refractivity contribution in [1.82, 2.24) is 0 Å². The monoisotopic (exact) mass is 203 g/mol. The van der Waals surface area contributed by atoms with Gasteiger partial charge in [-0.1, -0.05) is 18.2 Å². The van der Waals surface area contributed by atoms with Gasteiger partial charge in [0.1, 0.15) is 5.76 Å². The maximum Gasteiger partial charge on any atom is 0.231 e. The van der Waals surface area contributed by atoms with Gasteiger partial charge in [0.15, 0.2) is 0 Å².